The second-order valence-electron chi connectivity index (χ2n) is 5.94. The van der Waals surface area contributed by atoms with Gasteiger partial charge in [0.1, 0.15) is 12.4 Å². The van der Waals surface area contributed by atoms with Gasteiger partial charge in [-0.2, -0.15) is 0 Å². The molecular formula is C17H27NO2. The van der Waals surface area contributed by atoms with Gasteiger partial charge in [-0.1, -0.05) is 24.6 Å². The standard InChI is InChI=1S/C17H27NO2/c1-4-15(18)10-14-9-12(2)5-8-17(14)19-11-16-7-6-13(3)20-16/h5,8-9,13,15-16H,4,6-7,10-11,18H2,1-3H3. The van der Waals surface area contributed by atoms with Crippen LogP contribution in [0.3, 0.4) is 0 Å². The Bertz CT molecular complexity index is 433. The Balaban J connectivity index is 1.98. The lowest BCUT2D eigenvalue weighted by atomic mass is 10.0. The molecule has 20 heavy (non-hydrogen) atoms. The summed E-state index contributed by atoms with van der Waals surface area (Å²) in [5.41, 5.74) is 8.54. The summed E-state index contributed by atoms with van der Waals surface area (Å²) in [5.74, 6) is 0.961. The van der Waals surface area contributed by atoms with Crippen LogP contribution in [0.1, 0.15) is 44.2 Å². The Morgan fingerprint density at radius 3 is 2.85 bits per heavy atom. The SMILES string of the molecule is CCC(N)Cc1cc(C)ccc1OCC1CCC(C)O1. The lowest BCUT2D eigenvalue weighted by Crippen LogP contribution is -2.23. The molecule has 0 saturated carbocycles. The van der Waals surface area contributed by atoms with Crippen LogP contribution in [0.5, 0.6) is 5.75 Å². The number of hydrogen-bond acceptors (Lipinski definition) is 3. The summed E-state index contributed by atoms with van der Waals surface area (Å²) in [6.45, 7) is 6.99. The number of benzene rings is 1. The fourth-order valence-corrected chi connectivity index (χ4v) is 2.63. The van der Waals surface area contributed by atoms with E-state index in [1.54, 1.807) is 0 Å². The molecule has 0 radical (unpaired) electrons. The van der Waals surface area contributed by atoms with Crippen molar-refractivity contribution in [2.24, 2.45) is 5.73 Å². The molecule has 0 aliphatic carbocycles. The molecule has 1 fully saturated rings. The van der Waals surface area contributed by atoms with Crippen molar-refractivity contribution in [3.63, 3.8) is 0 Å². The second-order valence-corrected chi connectivity index (χ2v) is 5.94. The van der Waals surface area contributed by atoms with Crippen molar-refractivity contribution in [1.29, 1.82) is 0 Å². The van der Waals surface area contributed by atoms with Gasteiger partial charge in [-0.15, -0.1) is 0 Å². The Morgan fingerprint density at radius 2 is 2.20 bits per heavy atom. The molecule has 1 aliphatic rings. The molecule has 0 amide bonds. The molecular weight excluding hydrogens is 250 g/mol. The molecule has 1 aromatic rings. The molecule has 1 aliphatic heterocycles. The quantitative estimate of drug-likeness (QED) is 0.868. The summed E-state index contributed by atoms with van der Waals surface area (Å²) in [6.07, 6.45) is 4.69. The normalized spacial score (nSPS) is 23.8. The molecule has 0 bridgehead atoms. The van der Waals surface area contributed by atoms with E-state index in [0.29, 0.717) is 12.7 Å². The monoisotopic (exact) mass is 277 g/mol. The van der Waals surface area contributed by atoms with Crippen LogP contribution in [0.2, 0.25) is 0 Å². The van der Waals surface area contributed by atoms with Crippen LogP contribution in [0.15, 0.2) is 18.2 Å². The van der Waals surface area contributed by atoms with Gasteiger partial charge in [0.2, 0.25) is 0 Å². The Morgan fingerprint density at radius 1 is 1.40 bits per heavy atom. The second kappa shape index (κ2) is 7.09. The third kappa shape index (κ3) is 4.22. The number of rotatable bonds is 6. The summed E-state index contributed by atoms with van der Waals surface area (Å²) < 4.78 is 11.8. The van der Waals surface area contributed by atoms with E-state index in [-0.39, 0.29) is 12.1 Å². The third-order valence-corrected chi connectivity index (χ3v) is 3.97. The number of hydrogen-bond donors (Lipinski definition) is 1. The molecule has 3 nitrogen and oxygen atoms in total. The third-order valence-electron chi connectivity index (χ3n) is 3.97. The first-order valence-electron chi connectivity index (χ1n) is 7.71. The smallest absolute Gasteiger partial charge is 0.122 e. The number of ether oxygens (including phenoxy) is 2. The van der Waals surface area contributed by atoms with Crippen molar-refractivity contribution in [1.82, 2.24) is 0 Å². The molecule has 1 aromatic carbocycles. The lowest BCUT2D eigenvalue weighted by molar-refractivity contribution is 0.0262. The molecule has 1 heterocycles. The zero-order valence-electron chi connectivity index (χ0n) is 12.9. The first-order valence-corrected chi connectivity index (χ1v) is 7.71. The van der Waals surface area contributed by atoms with Crippen LogP contribution in [0.25, 0.3) is 0 Å². The summed E-state index contributed by atoms with van der Waals surface area (Å²) in [4.78, 5) is 0. The van der Waals surface area contributed by atoms with E-state index in [4.69, 9.17) is 15.2 Å². The van der Waals surface area contributed by atoms with Crippen molar-refractivity contribution in [3.05, 3.63) is 29.3 Å². The summed E-state index contributed by atoms with van der Waals surface area (Å²) >= 11 is 0. The van der Waals surface area contributed by atoms with Crippen LogP contribution in [0.4, 0.5) is 0 Å². The van der Waals surface area contributed by atoms with Gasteiger partial charge < -0.3 is 15.2 Å². The van der Waals surface area contributed by atoms with Gasteiger partial charge in [-0.25, -0.2) is 0 Å². The molecule has 1 saturated heterocycles. The topological polar surface area (TPSA) is 44.5 Å². The minimum Gasteiger partial charge on any atom is -0.491 e. The maximum absolute atomic E-state index is 6.08. The summed E-state index contributed by atoms with van der Waals surface area (Å²) in [5, 5.41) is 0. The molecule has 0 spiro atoms. The molecule has 3 atom stereocenters. The Labute approximate surface area is 122 Å². The highest BCUT2D eigenvalue weighted by molar-refractivity contribution is 5.37. The molecule has 2 rings (SSSR count). The first-order chi connectivity index (χ1) is 9.58. The molecule has 0 aromatic heterocycles. The highest BCUT2D eigenvalue weighted by Gasteiger charge is 2.22. The highest BCUT2D eigenvalue weighted by Crippen LogP contribution is 2.24. The molecule has 2 N–H and O–H groups in total. The first kappa shape index (κ1) is 15.3. The highest BCUT2D eigenvalue weighted by atomic mass is 16.5. The van der Waals surface area contributed by atoms with Crippen molar-refractivity contribution < 1.29 is 9.47 Å². The minimum absolute atomic E-state index is 0.196. The molecule has 3 unspecified atom stereocenters. The average molecular weight is 277 g/mol. The van der Waals surface area contributed by atoms with Crippen LogP contribution < -0.4 is 10.5 Å². The van der Waals surface area contributed by atoms with Gasteiger partial charge in [0.15, 0.2) is 0 Å². The number of aryl methyl sites for hydroxylation is 1. The number of nitrogens with two attached hydrogens (primary N) is 1. The van der Waals surface area contributed by atoms with Gasteiger partial charge >= 0.3 is 0 Å². The molecule has 112 valence electrons. The van der Waals surface area contributed by atoms with E-state index in [9.17, 15) is 0 Å². The zero-order chi connectivity index (χ0) is 14.5. The van der Waals surface area contributed by atoms with Gasteiger partial charge in [-0.3, -0.25) is 0 Å². The van der Waals surface area contributed by atoms with Gasteiger partial charge in [0, 0.05) is 6.04 Å². The lowest BCUT2D eigenvalue weighted by Gasteiger charge is -2.17. The van der Waals surface area contributed by atoms with Gasteiger partial charge in [-0.05, 0) is 51.2 Å². The van der Waals surface area contributed by atoms with Crippen molar-refractivity contribution in [2.75, 3.05) is 6.61 Å². The van der Waals surface area contributed by atoms with E-state index >= 15 is 0 Å². The summed E-state index contributed by atoms with van der Waals surface area (Å²) in [6, 6.07) is 6.53. The van der Waals surface area contributed by atoms with Crippen molar-refractivity contribution in [3.8, 4) is 5.75 Å². The van der Waals surface area contributed by atoms with Gasteiger partial charge in [0.25, 0.3) is 0 Å². The maximum atomic E-state index is 6.08. The minimum atomic E-state index is 0.196. The zero-order valence-corrected chi connectivity index (χ0v) is 12.9. The van der Waals surface area contributed by atoms with E-state index in [2.05, 4.69) is 39.0 Å². The van der Waals surface area contributed by atoms with Crippen LogP contribution in [0, 0.1) is 6.92 Å². The largest absolute Gasteiger partial charge is 0.491 e. The Hall–Kier alpha value is -1.06. The molecule has 3 heteroatoms. The fraction of sp³-hybridized carbons (Fsp3) is 0.647. The predicted octanol–water partition coefficient (Wildman–Crippen LogP) is 3.22. The van der Waals surface area contributed by atoms with Crippen molar-refractivity contribution >= 4 is 0 Å². The predicted molar refractivity (Wildman–Crippen MR) is 82.2 cm³/mol. The van der Waals surface area contributed by atoms with Gasteiger partial charge in [0.05, 0.1) is 12.2 Å². The van der Waals surface area contributed by atoms with Crippen LogP contribution >= 0.6 is 0 Å². The van der Waals surface area contributed by atoms with E-state index in [1.165, 1.54) is 11.1 Å². The van der Waals surface area contributed by atoms with E-state index in [0.717, 1.165) is 31.4 Å². The van der Waals surface area contributed by atoms with Crippen LogP contribution in [-0.2, 0) is 11.2 Å². The average Bonchev–Trinajstić information content (AvgIpc) is 2.83. The van der Waals surface area contributed by atoms with E-state index < -0.39 is 0 Å². The van der Waals surface area contributed by atoms with E-state index in [1.807, 2.05) is 0 Å². The summed E-state index contributed by atoms with van der Waals surface area (Å²) in [7, 11) is 0. The maximum Gasteiger partial charge on any atom is 0.122 e. The Kier molecular flexibility index (Phi) is 5.44. The van der Waals surface area contributed by atoms with Crippen molar-refractivity contribution in [2.45, 2.75) is 64.7 Å². The fourth-order valence-electron chi connectivity index (χ4n) is 2.63. The van der Waals surface area contributed by atoms with Crippen LogP contribution in [-0.4, -0.2) is 24.9 Å².